The van der Waals surface area contributed by atoms with Crippen LogP contribution in [0.1, 0.15) is 13.8 Å². The molecule has 2 saturated heterocycles. The molecule has 7 atom stereocenters. The Labute approximate surface area is 188 Å². The molecule has 2 rings (SSSR count). The molecular weight excluding hydrogens is 476 g/mol. The van der Waals surface area contributed by atoms with Crippen LogP contribution in [0.15, 0.2) is 0 Å². The van der Waals surface area contributed by atoms with Crippen molar-refractivity contribution in [1.29, 1.82) is 0 Å². The van der Waals surface area contributed by atoms with E-state index in [0.29, 0.717) is 0 Å². The van der Waals surface area contributed by atoms with Gasteiger partial charge in [-0.15, -0.1) is 0 Å². The maximum absolute atomic E-state index is 12.4. The highest BCUT2D eigenvalue weighted by Gasteiger charge is 2.53. The fourth-order valence-corrected chi connectivity index (χ4v) is 6.71. The average molecular weight is 506 g/mol. The van der Waals surface area contributed by atoms with Gasteiger partial charge in [-0.2, -0.15) is 8.42 Å². The lowest BCUT2D eigenvalue weighted by atomic mass is 10.1. The molecule has 0 spiro atoms. The molecule has 0 aromatic carbocycles. The highest BCUT2D eigenvalue weighted by Crippen LogP contribution is 2.30. The predicted octanol–water partition coefficient (Wildman–Crippen LogP) is -2.63. The standard InChI is InChI=1S/C17H28O13S2/c1-3-26-15(21)13(16(22)27-4-2)17-28-6-10(30-32(23,24)25)11(29-17)8-31-7-9(19)14(20)12(31)5-18/h9-14,17-20H,3-8H2,1-2H3/p+1/t9-,10+,11-,12-,14+,17?,31?/m1/s1. The van der Waals surface area contributed by atoms with Crippen molar-refractivity contribution in [2.45, 2.75) is 49.8 Å². The van der Waals surface area contributed by atoms with Crippen molar-refractivity contribution >= 4 is 33.2 Å². The van der Waals surface area contributed by atoms with Crippen molar-refractivity contribution in [3.05, 3.63) is 0 Å². The van der Waals surface area contributed by atoms with Gasteiger partial charge < -0.3 is 34.3 Å². The molecule has 0 aromatic rings. The molecule has 15 heteroatoms. The zero-order chi connectivity index (χ0) is 24.1. The lowest BCUT2D eigenvalue weighted by molar-refractivity contribution is -0.261. The van der Waals surface area contributed by atoms with E-state index in [2.05, 4.69) is 4.18 Å². The second kappa shape index (κ2) is 11.9. The minimum Gasteiger partial charge on any atom is -0.465 e. The first-order valence-electron chi connectivity index (χ1n) is 9.91. The van der Waals surface area contributed by atoms with E-state index >= 15 is 0 Å². The third-order valence-electron chi connectivity index (χ3n) is 4.89. The summed E-state index contributed by atoms with van der Waals surface area (Å²) >= 11 is 0. The summed E-state index contributed by atoms with van der Waals surface area (Å²) in [6.07, 6.45) is -6.29. The summed E-state index contributed by atoms with van der Waals surface area (Å²) in [5.41, 5.74) is 0. The van der Waals surface area contributed by atoms with Crippen molar-refractivity contribution in [3.63, 3.8) is 0 Å². The summed E-state index contributed by atoms with van der Waals surface area (Å²) in [6.45, 7) is 2.10. The molecule has 2 unspecified atom stereocenters. The Morgan fingerprint density at radius 3 is 2.25 bits per heavy atom. The molecule has 0 radical (unpaired) electrons. The average Bonchev–Trinajstić information content (AvgIpc) is 2.96. The molecule has 13 nitrogen and oxygen atoms in total. The van der Waals surface area contributed by atoms with Crippen molar-refractivity contribution in [2.24, 2.45) is 5.92 Å². The first-order chi connectivity index (χ1) is 15.0. The molecule has 0 aromatic heterocycles. The van der Waals surface area contributed by atoms with Crippen molar-refractivity contribution in [1.82, 2.24) is 0 Å². The quantitative estimate of drug-likeness (QED) is 0.104. The lowest BCUT2D eigenvalue weighted by Gasteiger charge is -2.36. The summed E-state index contributed by atoms with van der Waals surface area (Å²) in [5, 5.41) is 28.9. The molecule has 2 heterocycles. The van der Waals surface area contributed by atoms with Gasteiger partial charge in [0, 0.05) is 10.9 Å². The van der Waals surface area contributed by atoms with E-state index in [0.717, 1.165) is 0 Å². The Morgan fingerprint density at radius 1 is 1.16 bits per heavy atom. The molecule has 0 saturated carbocycles. The lowest BCUT2D eigenvalue weighted by Crippen LogP contribution is -2.54. The normalized spacial score (nSPS) is 33.3. The van der Waals surface area contributed by atoms with Crippen LogP contribution >= 0.6 is 0 Å². The zero-order valence-electron chi connectivity index (χ0n) is 17.6. The third kappa shape index (κ3) is 6.98. The molecule has 2 fully saturated rings. The summed E-state index contributed by atoms with van der Waals surface area (Å²) in [4.78, 5) is 24.7. The SMILES string of the molecule is CCOC(=O)C(C(=O)OCC)C1OC[C@H](OS(=O)(=O)O)[C@@H](C[S+]2C[C@@H](O)[C@H](O)[C@H]2CO)O1. The topological polar surface area (TPSA) is 195 Å². The summed E-state index contributed by atoms with van der Waals surface area (Å²) in [5.74, 6) is -3.47. The first kappa shape index (κ1) is 27.2. The van der Waals surface area contributed by atoms with Crippen LogP contribution in [0.25, 0.3) is 0 Å². The van der Waals surface area contributed by atoms with Gasteiger partial charge in [-0.05, 0) is 13.8 Å². The number of hydrogen-bond donors (Lipinski definition) is 4. The van der Waals surface area contributed by atoms with Crippen LogP contribution in [0.3, 0.4) is 0 Å². The highest BCUT2D eigenvalue weighted by molar-refractivity contribution is 7.97. The number of aliphatic hydroxyl groups excluding tert-OH is 3. The fourth-order valence-electron chi connectivity index (χ4n) is 3.45. The second-order valence-electron chi connectivity index (χ2n) is 7.07. The largest absolute Gasteiger partial charge is 0.465 e. The third-order valence-corrected chi connectivity index (χ3v) is 8.19. The van der Waals surface area contributed by atoms with E-state index in [4.69, 9.17) is 23.5 Å². The molecular formula is C17H29O13S2+. The van der Waals surface area contributed by atoms with Gasteiger partial charge in [0.25, 0.3) is 0 Å². The molecule has 4 N–H and O–H groups in total. The summed E-state index contributed by atoms with van der Waals surface area (Å²) in [6, 6.07) is 0. The van der Waals surface area contributed by atoms with Crippen LogP contribution in [0.4, 0.5) is 0 Å². The van der Waals surface area contributed by atoms with Crippen molar-refractivity contribution in [3.8, 4) is 0 Å². The summed E-state index contributed by atoms with van der Waals surface area (Å²) < 4.78 is 57.1. The zero-order valence-corrected chi connectivity index (χ0v) is 19.2. The fraction of sp³-hybridized carbons (Fsp3) is 0.882. The Balaban J connectivity index is 2.26. The number of rotatable bonds is 10. The van der Waals surface area contributed by atoms with Gasteiger partial charge in [0.1, 0.15) is 35.9 Å². The smallest absolute Gasteiger partial charge is 0.397 e. The van der Waals surface area contributed by atoms with E-state index in [9.17, 15) is 33.3 Å². The molecule has 0 aliphatic carbocycles. The maximum atomic E-state index is 12.4. The van der Waals surface area contributed by atoms with Crippen LogP contribution in [-0.4, -0.2) is 114 Å². The van der Waals surface area contributed by atoms with Crippen LogP contribution in [0.5, 0.6) is 0 Å². The summed E-state index contributed by atoms with van der Waals surface area (Å²) in [7, 11) is -5.75. The Kier molecular flexibility index (Phi) is 10.1. The number of esters is 2. The minimum atomic E-state index is -4.91. The van der Waals surface area contributed by atoms with Gasteiger partial charge in [0.15, 0.2) is 11.5 Å². The number of carbonyl (C=O) groups is 2. The number of carbonyl (C=O) groups excluding carboxylic acids is 2. The number of aliphatic hydroxyl groups is 3. The van der Waals surface area contributed by atoms with Crippen LogP contribution < -0.4 is 0 Å². The van der Waals surface area contributed by atoms with Gasteiger partial charge in [-0.1, -0.05) is 0 Å². The molecule has 0 bridgehead atoms. The maximum Gasteiger partial charge on any atom is 0.397 e. The first-order valence-corrected chi connectivity index (χ1v) is 12.9. The van der Waals surface area contributed by atoms with E-state index in [1.165, 1.54) is 13.8 Å². The Morgan fingerprint density at radius 2 is 1.75 bits per heavy atom. The second-order valence-corrected chi connectivity index (χ2v) is 10.5. The van der Waals surface area contributed by atoms with Gasteiger partial charge in [-0.25, -0.2) is 4.18 Å². The van der Waals surface area contributed by atoms with Crippen LogP contribution in [0, 0.1) is 5.92 Å². The van der Waals surface area contributed by atoms with Gasteiger partial charge in [0.05, 0.1) is 26.4 Å². The highest BCUT2D eigenvalue weighted by atomic mass is 32.3. The van der Waals surface area contributed by atoms with E-state index in [-0.39, 0.29) is 24.7 Å². The number of ether oxygens (including phenoxy) is 4. The van der Waals surface area contributed by atoms with Crippen molar-refractivity contribution < 1.29 is 61.0 Å². The molecule has 0 amide bonds. The minimum absolute atomic E-state index is 0.0161. The Bertz CT molecular complexity index is 727. The van der Waals surface area contributed by atoms with E-state index in [1.54, 1.807) is 0 Å². The predicted molar refractivity (Wildman–Crippen MR) is 108 cm³/mol. The molecule has 186 valence electrons. The van der Waals surface area contributed by atoms with Crippen LogP contribution in [0.2, 0.25) is 0 Å². The van der Waals surface area contributed by atoms with E-state index < -0.39 is 88.3 Å². The Hall–Kier alpha value is -1.04. The van der Waals surface area contributed by atoms with Gasteiger partial charge in [0.2, 0.25) is 5.92 Å². The van der Waals surface area contributed by atoms with Crippen LogP contribution in [-0.2, 0) is 54.0 Å². The van der Waals surface area contributed by atoms with Gasteiger partial charge >= 0.3 is 22.3 Å². The van der Waals surface area contributed by atoms with Gasteiger partial charge in [-0.3, -0.25) is 14.1 Å². The molecule has 2 aliphatic rings. The van der Waals surface area contributed by atoms with E-state index in [1.807, 2.05) is 0 Å². The number of hydrogen-bond acceptors (Lipinski definition) is 12. The monoisotopic (exact) mass is 505 g/mol. The molecule has 32 heavy (non-hydrogen) atoms. The van der Waals surface area contributed by atoms with Crippen molar-refractivity contribution in [2.75, 3.05) is 37.9 Å². The molecule has 2 aliphatic heterocycles.